The van der Waals surface area contributed by atoms with Gasteiger partial charge in [0.25, 0.3) is 0 Å². The van der Waals surface area contributed by atoms with E-state index in [2.05, 4.69) is 31.9 Å². The summed E-state index contributed by atoms with van der Waals surface area (Å²) in [6.07, 6.45) is -0.0566. The molecule has 1 N–H and O–H groups in total. The maximum atomic E-state index is 11.6. The van der Waals surface area contributed by atoms with Gasteiger partial charge in [-0.2, -0.15) is 0 Å². The SMILES string of the molecule is CC(Br)C(=O)c1ccc(CC(=O)O)c(Br)c1. The number of benzene rings is 1. The summed E-state index contributed by atoms with van der Waals surface area (Å²) in [5.41, 5.74) is 1.22. The Morgan fingerprint density at radius 3 is 2.50 bits per heavy atom. The van der Waals surface area contributed by atoms with E-state index in [4.69, 9.17) is 5.11 Å². The van der Waals surface area contributed by atoms with Crippen LogP contribution < -0.4 is 0 Å². The Bertz CT molecular complexity index is 427. The summed E-state index contributed by atoms with van der Waals surface area (Å²) in [7, 11) is 0. The third kappa shape index (κ3) is 3.42. The number of carboxylic acid groups (broad SMARTS) is 1. The van der Waals surface area contributed by atoms with Crippen molar-refractivity contribution in [2.24, 2.45) is 0 Å². The highest BCUT2D eigenvalue weighted by atomic mass is 79.9. The lowest BCUT2D eigenvalue weighted by molar-refractivity contribution is -0.136. The number of hydrogen-bond acceptors (Lipinski definition) is 2. The second-order valence-corrected chi connectivity index (χ2v) is 5.58. The molecule has 0 saturated heterocycles. The van der Waals surface area contributed by atoms with E-state index in [1.54, 1.807) is 25.1 Å². The summed E-state index contributed by atoms with van der Waals surface area (Å²) < 4.78 is 0.647. The van der Waals surface area contributed by atoms with E-state index in [1.807, 2.05) is 0 Å². The minimum absolute atomic E-state index is 0.0254. The molecular formula is C11H10Br2O3. The Labute approximate surface area is 110 Å². The first-order valence-corrected chi connectivity index (χ1v) is 6.31. The summed E-state index contributed by atoms with van der Waals surface area (Å²) in [6.45, 7) is 1.75. The summed E-state index contributed by atoms with van der Waals surface area (Å²) in [6, 6.07) is 4.95. The molecule has 0 aliphatic heterocycles. The topological polar surface area (TPSA) is 54.4 Å². The van der Waals surface area contributed by atoms with Crippen molar-refractivity contribution < 1.29 is 14.7 Å². The van der Waals surface area contributed by atoms with E-state index in [-0.39, 0.29) is 17.0 Å². The molecule has 0 aliphatic rings. The zero-order chi connectivity index (χ0) is 12.3. The van der Waals surface area contributed by atoms with Crippen molar-refractivity contribution in [2.45, 2.75) is 18.2 Å². The summed E-state index contributed by atoms with van der Waals surface area (Å²) in [5.74, 6) is -0.920. The van der Waals surface area contributed by atoms with Gasteiger partial charge < -0.3 is 5.11 Å². The molecule has 0 heterocycles. The first-order valence-electron chi connectivity index (χ1n) is 4.60. The Kier molecular flexibility index (Phi) is 4.68. The van der Waals surface area contributed by atoms with Crippen LogP contribution in [0, 0.1) is 0 Å². The average Bonchev–Trinajstić information content (AvgIpc) is 2.19. The molecule has 1 aromatic rings. The lowest BCUT2D eigenvalue weighted by Crippen LogP contribution is -2.10. The van der Waals surface area contributed by atoms with Gasteiger partial charge in [-0.05, 0) is 18.6 Å². The smallest absolute Gasteiger partial charge is 0.307 e. The van der Waals surface area contributed by atoms with Crippen LogP contribution in [0.4, 0.5) is 0 Å². The standard InChI is InChI=1S/C11H10Br2O3/c1-6(12)11(16)8-3-2-7(5-10(14)15)9(13)4-8/h2-4,6H,5H2,1H3,(H,14,15). The highest BCUT2D eigenvalue weighted by Gasteiger charge is 2.14. The number of ketones is 1. The van der Waals surface area contributed by atoms with Gasteiger partial charge >= 0.3 is 5.97 Å². The number of carbonyl (C=O) groups excluding carboxylic acids is 1. The van der Waals surface area contributed by atoms with E-state index in [0.717, 1.165) is 0 Å². The minimum atomic E-state index is -0.895. The number of alkyl halides is 1. The minimum Gasteiger partial charge on any atom is -0.481 e. The van der Waals surface area contributed by atoms with Crippen molar-refractivity contribution in [3.05, 3.63) is 33.8 Å². The number of carboxylic acids is 1. The molecular weight excluding hydrogens is 340 g/mol. The van der Waals surface area contributed by atoms with Gasteiger partial charge in [-0.1, -0.05) is 44.0 Å². The molecule has 0 radical (unpaired) electrons. The van der Waals surface area contributed by atoms with Crippen LogP contribution in [0.1, 0.15) is 22.8 Å². The van der Waals surface area contributed by atoms with Gasteiger partial charge in [-0.15, -0.1) is 0 Å². The zero-order valence-electron chi connectivity index (χ0n) is 8.54. The van der Waals surface area contributed by atoms with E-state index in [9.17, 15) is 9.59 Å². The number of halogens is 2. The van der Waals surface area contributed by atoms with Gasteiger partial charge in [0.2, 0.25) is 0 Å². The number of rotatable bonds is 4. The fourth-order valence-corrected chi connectivity index (χ4v) is 2.02. The molecule has 86 valence electrons. The van der Waals surface area contributed by atoms with Crippen LogP contribution in [-0.2, 0) is 11.2 Å². The first kappa shape index (κ1) is 13.4. The largest absolute Gasteiger partial charge is 0.481 e. The molecule has 0 bridgehead atoms. The van der Waals surface area contributed by atoms with Crippen LogP contribution in [0.2, 0.25) is 0 Å². The maximum Gasteiger partial charge on any atom is 0.307 e. The number of carbonyl (C=O) groups is 2. The predicted octanol–water partition coefficient (Wildman–Crippen LogP) is 3.04. The van der Waals surface area contributed by atoms with Crippen LogP contribution in [0.3, 0.4) is 0 Å². The molecule has 3 nitrogen and oxygen atoms in total. The summed E-state index contributed by atoms with van der Waals surface area (Å²) in [4.78, 5) is 22.0. The predicted molar refractivity (Wildman–Crippen MR) is 68.2 cm³/mol. The molecule has 16 heavy (non-hydrogen) atoms. The van der Waals surface area contributed by atoms with Crippen molar-refractivity contribution in [1.29, 1.82) is 0 Å². The molecule has 5 heteroatoms. The van der Waals surface area contributed by atoms with E-state index < -0.39 is 5.97 Å². The Morgan fingerprint density at radius 2 is 2.06 bits per heavy atom. The number of hydrogen-bond donors (Lipinski definition) is 1. The molecule has 1 rings (SSSR count). The van der Waals surface area contributed by atoms with E-state index in [1.165, 1.54) is 0 Å². The quantitative estimate of drug-likeness (QED) is 0.671. The fraction of sp³-hybridized carbons (Fsp3) is 0.273. The highest BCUT2D eigenvalue weighted by molar-refractivity contribution is 9.10. The number of aliphatic carboxylic acids is 1. The fourth-order valence-electron chi connectivity index (χ4n) is 1.24. The zero-order valence-corrected chi connectivity index (χ0v) is 11.7. The van der Waals surface area contributed by atoms with Gasteiger partial charge in [0, 0.05) is 10.0 Å². The molecule has 0 aliphatic carbocycles. The number of Topliss-reactive ketones (excluding diaryl/α,β-unsaturated/α-hetero) is 1. The molecule has 0 fully saturated rings. The van der Waals surface area contributed by atoms with Crippen LogP contribution in [0.25, 0.3) is 0 Å². The normalized spacial score (nSPS) is 12.2. The van der Waals surface area contributed by atoms with Crippen LogP contribution >= 0.6 is 31.9 Å². The monoisotopic (exact) mass is 348 g/mol. The third-order valence-corrected chi connectivity index (χ3v) is 3.19. The van der Waals surface area contributed by atoms with Crippen molar-refractivity contribution in [3.63, 3.8) is 0 Å². The van der Waals surface area contributed by atoms with Gasteiger partial charge in [-0.3, -0.25) is 9.59 Å². The molecule has 0 saturated carbocycles. The lowest BCUT2D eigenvalue weighted by Gasteiger charge is -2.06. The van der Waals surface area contributed by atoms with E-state index in [0.29, 0.717) is 15.6 Å². The molecule has 1 aromatic carbocycles. The van der Waals surface area contributed by atoms with Crippen LogP contribution in [0.5, 0.6) is 0 Å². The molecule has 1 unspecified atom stereocenters. The van der Waals surface area contributed by atoms with Gasteiger partial charge in [0.05, 0.1) is 11.2 Å². The second-order valence-electron chi connectivity index (χ2n) is 3.36. The second kappa shape index (κ2) is 5.59. The Hall–Kier alpha value is -0.680. The van der Waals surface area contributed by atoms with Crippen molar-refractivity contribution in [2.75, 3.05) is 0 Å². The van der Waals surface area contributed by atoms with Gasteiger partial charge in [0.1, 0.15) is 0 Å². The van der Waals surface area contributed by atoms with Gasteiger partial charge in [0.15, 0.2) is 5.78 Å². The van der Waals surface area contributed by atoms with Gasteiger partial charge in [-0.25, -0.2) is 0 Å². The maximum absolute atomic E-state index is 11.6. The van der Waals surface area contributed by atoms with Crippen LogP contribution in [-0.4, -0.2) is 21.7 Å². The third-order valence-electron chi connectivity index (χ3n) is 2.04. The van der Waals surface area contributed by atoms with Crippen molar-refractivity contribution >= 4 is 43.6 Å². The first-order chi connectivity index (χ1) is 7.41. The molecule has 0 amide bonds. The van der Waals surface area contributed by atoms with E-state index >= 15 is 0 Å². The van der Waals surface area contributed by atoms with Crippen molar-refractivity contribution in [3.8, 4) is 0 Å². The van der Waals surface area contributed by atoms with Crippen LogP contribution in [0.15, 0.2) is 22.7 Å². The highest BCUT2D eigenvalue weighted by Crippen LogP contribution is 2.21. The summed E-state index contributed by atoms with van der Waals surface area (Å²) >= 11 is 6.46. The Morgan fingerprint density at radius 1 is 1.44 bits per heavy atom. The van der Waals surface area contributed by atoms with Crippen molar-refractivity contribution in [1.82, 2.24) is 0 Å². The lowest BCUT2D eigenvalue weighted by atomic mass is 10.1. The average molecular weight is 350 g/mol. The molecule has 1 atom stereocenters. The molecule has 0 spiro atoms. The molecule has 0 aromatic heterocycles. The summed E-state index contributed by atoms with van der Waals surface area (Å²) in [5, 5.41) is 8.66. The Balaban J connectivity index is 2.99.